The highest BCUT2D eigenvalue weighted by atomic mass is 16.5. The average Bonchev–Trinajstić information content (AvgIpc) is 2.81. The van der Waals surface area contributed by atoms with E-state index in [1.165, 1.54) is 17.7 Å². The van der Waals surface area contributed by atoms with E-state index >= 15 is 0 Å². The van der Waals surface area contributed by atoms with Gasteiger partial charge in [0.15, 0.2) is 0 Å². The number of likely N-dealkylation sites (tertiary alicyclic amines) is 1. The summed E-state index contributed by atoms with van der Waals surface area (Å²) in [5, 5.41) is 0. The van der Waals surface area contributed by atoms with Gasteiger partial charge in [-0.1, -0.05) is 48.5 Å². The number of hydrogen-bond acceptors (Lipinski definition) is 4. The van der Waals surface area contributed by atoms with Crippen molar-refractivity contribution < 1.29 is 9.53 Å². The number of rotatable bonds is 7. The number of hydrogen-bond donors (Lipinski definition) is 0. The molecule has 5 heteroatoms. The third kappa shape index (κ3) is 5.83. The number of ether oxygens (including phenoxy) is 1. The summed E-state index contributed by atoms with van der Waals surface area (Å²) >= 11 is 0. The Labute approximate surface area is 180 Å². The normalized spacial score (nSPS) is 20.3. The zero-order chi connectivity index (χ0) is 20.6. The Morgan fingerprint density at radius 3 is 2.33 bits per heavy atom. The van der Waals surface area contributed by atoms with E-state index in [1.807, 2.05) is 29.2 Å². The molecular formula is C25H33N3O2. The number of carbonyl (C=O) groups is 1. The van der Waals surface area contributed by atoms with Gasteiger partial charge in [-0.15, -0.1) is 0 Å². The van der Waals surface area contributed by atoms with Crippen LogP contribution in [0.15, 0.2) is 60.7 Å². The zero-order valence-electron chi connectivity index (χ0n) is 17.8. The first kappa shape index (κ1) is 20.9. The van der Waals surface area contributed by atoms with Crippen LogP contribution in [0.25, 0.3) is 0 Å². The maximum atomic E-state index is 12.8. The number of carbonyl (C=O) groups excluding carboxylic acids is 1. The molecule has 2 aromatic rings. The van der Waals surface area contributed by atoms with Crippen molar-refractivity contribution in [3.8, 4) is 0 Å². The monoisotopic (exact) mass is 407 g/mol. The molecule has 4 rings (SSSR count). The minimum absolute atomic E-state index is 0.272. The van der Waals surface area contributed by atoms with Gasteiger partial charge in [0.05, 0.1) is 19.8 Å². The van der Waals surface area contributed by atoms with Gasteiger partial charge in [0.2, 0.25) is 5.91 Å². The predicted octanol–water partition coefficient (Wildman–Crippen LogP) is 3.26. The van der Waals surface area contributed by atoms with Crippen molar-refractivity contribution in [2.45, 2.75) is 19.4 Å². The maximum absolute atomic E-state index is 12.8. The van der Waals surface area contributed by atoms with Gasteiger partial charge in [-0.25, -0.2) is 0 Å². The summed E-state index contributed by atoms with van der Waals surface area (Å²) in [6.45, 7) is 7.40. The molecule has 0 saturated carbocycles. The number of amides is 1. The van der Waals surface area contributed by atoms with Gasteiger partial charge in [0, 0.05) is 38.4 Å². The predicted molar refractivity (Wildman–Crippen MR) is 120 cm³/mol. The lowest BCUT2D eigenvalue weighted by atomic mass is 9.99. The molecule has 160 valence electrons. The second-order valence-electron chi connectivity index (χ2n) is 8.45. The Morgan fingerprint density at radius 1 is 0.900 bits per heavy atom. The molecule has 30 heavy (non-hydrogen) atoms. The van der Waals surface area contributed by atoms with Crippen molar-refractivity contribution in [3.63, 3.8) is 0 Å². The molecule has 2 aliphatic rings. The van der Waals surface area contributed by atoms with Crippen LogP contribution in [0.1, 0.15) is 18.4 Å². The minimum atomic E-state index is 0.272. The summed E-state index contributed by atoms with van der Waals surface area (Å²) in [5.41, 5.74) is 2.47. The zero-order valence-corrected chi connectivity index (χ0v) is 17.8. The highest BCUT2D eigenvalue weighted by molar-refractivity contribution is 5.78. The molecule has 0 bridgehead atoms. The van der Waals surface area contributed by atoms with Crippen LogP contribution in [0.4, 0.5) is 5.69 Å². The molecule has 0 radical (unpaired) electrons. The minimum Gasteiger partial charge on any atom is -0.376 e. The second kappa shape index (κ2) is 10.6. The first-order chi connectivity index (χ1) is 14.8. The highest BCUT2D eigenvalue weighted by Gasteiger charge is 2.26. The molecule has 1 atom stereocenters. The van der Waals surface area contributed by atoms with Crippen molar-refractivity contribution in [3.05, 3.63) is 66.2 Å². The number of anilines is 1. The molecule has 0 unspecified atom stereocenters. The SMILES string of the molecule is O=C(CN1CCC[C@H](COCc2ccccc2)C1)N1CCN(c2ccccc2)CC1. The van der Waals surface area contributed by atoms with E-state index in [4.69, 9.17) is 4.74 Å². The number of benzene rings is 2. The van der Waals surface area contributed by atoms with Gasteiger partial charge in [-0.05, 0) is 43.0 Å². The summed E-state index contributed by atoms with van der Waals surface area (Å²) in [6.07, 6.45) is 2.34. The van der Waals surface area contributed by atoms with Crippen LogP contribution in [-0.4, -0.2) is 68.1 Å². The van der Waals surface area contributed by atoms with E-state index < -0.39 is 0 Å². The highest BCUT2D eigenvalue weighted by Crippen LogP contribution is 2.19. The molecule has 1 amide bonds. The molecule has 0 aromatic heterocycles. The lowest BCUT2D eigenvalue weighted by Crippen LogP contribution is -2.52. The first-order valence-electron chi connectivity index (χ1n) is 11.2. The van der Waals surface area contributed by atoms with Gasteiger partial charge >= 0.3 is 0 Å². The van der Waals surface area contributed by atoms with Gasteiger partial charge in [-0.2, -0.15) is 0 Å². The second-order valence-corrected chi connectivity index (χ2v) is 8.45. The number of piperidine rings is 1. The Hall–Kier alpha value is -2.37. The van der Waals surface area contributed by atoms with Crippen LogP contribution >= 0.6 is 0 Å². The largest absolute Gasteiger partial charge is 0.376 e. The molecule has 2 heterocycles. The van der Waals surface area contributed by atoms with Crippen molar-refractivity contribution in [2.75, 3.05) is 57.3 Å². The standard InChI is InChI=1S/C25H33N3O2/c29-25(28-16-14-27(15-17-28)24-11-5-2-6-12-24)19-26-13-7-10-23(18-26)21-30-20-22-8-3-1-4-9-22/h1-6,8-9,11-12,23H,7,10,13-21H2/t23-/m0/s1. The van der Waals surface area contributed by atoms with Crippen LogP contribution in [0.5, 0.6) is 0 Å². The van der Waals surface area contributed by atoms with E-state index in [1.54, 1.807) is 0 Å². The van der Waals surface area contributed by atoms with Crippen LogP contribution in [0.2, 0.25) is 0 Å². The fraction of sp³-hybridized carbons (Fsp3) is 0.480. The van der Waals surface area contributed by atoms with E-state index in [2.05, 4.69) is 46.2 Å². The molecule has 0 aliphatic carbocycles. The summed E-state index contributed by atoms with van der Waals surface area (Å²) < 4.78 is 5.96. The number of piperazine rings is 1. The van der Waals surface area contributed by atoms with Crippen molar-refractivity contribution in [1.82, 2.24) is 9.80 Å². The smallest absolute Gasteiger partial charge is 0.236 e. The summed E-state index contributed by atoms with van der Waals surface area (Å²) in [5.74, 6) is 0.791. The molecule has 0 spiro atoms. The molecule has 2 aromatic carbocycles. The number of para-hydroxylation sites is 1. The molecular weight excluding hydrogens is 374 g/mol. The van der Waals surface area contributed by atoms with Crippen LogP contribution in [0.3, 0.4) is 0 Å². The summed E-state index contributed by atoms with van der Waals surface area (Å²) in [6, 6.07) is 20.8. The van der Waals surface area contributed by atoms with Gasteiger partial charge < -0.3 is 14.5 Å². The van der Waals surface area contributed by atoms with Crippen LogP contribution in [0, 0.1) is 5.92 Å². The lowest BCUT2D eigenvalue weighted by molar-refractivity contribution is -0.133. The average molecular weight is 408 g/mol. The van der Waals surface area contributed by atoms with Crippen LogP contribution in [-0.2, 0) is 16.1 Å². The number of nitrogens with zero attached hydrogens (tertiary/aromatic N) is 3. The molecule has 2 saturated heterocycles. The topological polar surface area (TPSA) is 36.0 Å². The quantitative estimate of drug-likeness (QED) is 0.706. The lowest BCUT2D eigenvalue weighted by Gasteiger charge is -2.38. The van der Waals surface area contributed by atoms with E-state index in [-0.39, 0.29) is 5.91 Å². The summed E-state index contributed by atoms with van der Waals surface area (Å²) in [7, 11) is 0. The Balaban J connectivity index is 1.18. The van der Waals surface area contributed by atoms with Crippen molar-refractivity contribution >= 4 is 11.6 Å². The fourth-order valence-electron chi connectivity index (χ4n) is 4.49. The molecule has 5 nitrogen and oxygen atoms in total. The van der Waals surface area contributed by atoms with Crippen molar-refractivity contribution in [2.24, 2.45) is 5.92 Å². The molecule has 0 N–H and O–H groups in total. The Morgan fingerprint density at radius 2 is 1.60 bits per heavy atom. The third-order valence-corrected chi connectivity index (χ3v) is 6.18. The Bertz CT molecular complexity index is 775. The van der Waals surface area contributed by atoms with E-state index in [9.17, 15) is 4.79 Å². The van der Waals surface area contributed by atoms with Gasteiger partial charge in [0.25, 0.3) is 0 Å². The summed E-state index contributed by atoms with van der Waals surface area (Å²) in [4.78, 5) is 19.6. The molecule has 2 fully saturated rings. The van der Waals surface area contributed by atoms with E-state index in [0.29, 0.717) is 19.1 Å². The maximum Gasteiger partial charge on any atom is 0.236 e. The van der Waals surface area contributed by atoms with E-state index in [0.717, 1.165) is 52.3 Å². The van der Waals surface area contributed by atoms with Gasteiger partial charge in [0.1, 0.15) is 0 Å². The third-order valence-electron chi connectivity index (χ3n) is 6.18. The van der Waals surface area contributed by atoms with Crippen LogP contribution < -0.4 is 4.90 Å². The Kier molecular flexibility index (Phi) is 7.38. The van der Waals surface area contributed by atoms with Crippen molar-refractivity contribution in [1.29, 1.82) is 0 Å². The fourth-order valence-corrected chi connectivity index (χ4v) is 4.49. The first-order valence-corrected chi connectivity index (χ1v) is 11.2. The van der Waals surface area contributed by atoms with Gasteiger partial charge in [-0.3, -0.25) is 9.69 Å². The molecule has 2 aliphatic heterocycles.